The Kier molecular flexibility index (Phi) is 6.02. The number of rotatable bonds is 7. The molecule has 0 N–H and O–H groups in total. The van der Waals surface area contributed by atoms with E-state index in [2.05, 4.69) is 69.3 Å². The van der Waals surface area contributed by atoms with Gasteiger partial charge in [0.25, 0.3) is 8.32 Å². The van der Waals surface area contributed by atoms with E-state index >= 15 is 0 Å². The molecule has 0 aromatic heterocycles. The molecule has 0 bridgehead atoms. The molecule has 0 heterocycles. The molecule has 0 unspecified atom stereocenters. The fraction of sp³-hybridized carbons (Fsp3) is 0.409. The molecular formula is C22H30O2Si. The standard InChI is InChI=1S/C22H30O2Si/c1-21(2,3)25(19-12-8-6-9-13-19,20-14-10-7-11-15-20)24-17-16-22(4,5)18-23/h6-15,18H,16-17H2,1-5H3. The fourth-order valence-electron chi connectivity index (χ4n) is 3.29. The Morgan fingerprint density at radius 1 is 0.840 bits per heavy atom. The number of hydrogen-bond acceptors (Lipinski definition) is 2. The molecule has 2 nitrogen and oxygen atoms in total. The third-order valence-electron chi connectivity index (χ3n) is 4.80. The summed E-state index contributed by atoms with van der Waals surface area (Å²) in [6.07, 6.45) is 1.75. The number of aldehydes is 1. The van der Waals surface area contributed by atoms with Gasteiger partial charge in [-0.3, -0.25) is 0 Å². The summed E-state index contributed by atoms with van der Waals surface area (Å²) in [7, 11) is -2.48. The second-order valence-electron chi connectivity index (χ2n) is 8.37. The summed E-state index contributed by atoms with van der Waals surface area (Å²) in [5.74, 6) is 0. The highest BCUT2D eigenvalue weighted by atomic mass is 28.4. The van der Waals surface area contributed by atoms with E-state index in [1.54, 1.807) is 0 Å². The Labute approximate surface area is 153 Å². The summed E-state index contributed by atoms with van der Waals surface area (Å²) in [5, 5.41) is 2.52. The van der Waals surface area contributed by atoms with Crippen molar-refractivity contribution < 1.29 is 9.22 Å². The van der Waals surface area contributed by atoms with Gasteiger partial charge in [-0.1, -0.05) is 95.3 Å². The van der Waals surface area contributed by atoms with Crippen LogP contribution in [0.15, 0.2) is 60.7 Å². The van der Waals surface area contributed by atoms with Crippen LogP contribution < -0.4 is 10.4 Å². The van der Waals surface area contributed by atoms with Gasteiger partial charge in [0.2, 0.25) is 0 Å². The highest BCUT2D eigenvalue weighted by molar-refractivity contribution is 6.99. The molecule has 0 aliphatic carbocycles. The van der Waals surface area contributed by atoms with Crippen LogP contribution in [0.4, 0.5) is 0 Å². The van der Waals surface area contributed by atoms with Gasteiger partial charge in [0.1, 0.15) is 6.29 Å². The Morgan fingerprint density at radius 2 is 1.28 bits per heavy atom. The van der Waals surface area contributed by atoms with Crippen molar-refractivity contribution in [2.45, 2.75) is 46.1 Å². The molecule has 0 fully saturated rings. The summed E-state index contributed by atoms with van der Waals surface area (Å²) in [6.45, 7) is 11.3. The lowest BCUT2D eigenvalue weighted by atomic mass is 9.92. The maximum Gasteiger partial charge on any atom is 0.261 e. The van der Waals surface area contributed by atoms with E-state index < -0.39 is 8.32 Å². The molecule has 0 saturated heterocycles. The molecule has 2 aromatic carbocycles. The van der Waals surface area contributed by atoms with Gasteiger partial charge >= 0.3 is 0 Å². The zero-order chi connectivity index (χ0) is 18.6. The van der Waals surface area contributed by atoms with Crippen molar-refractivity contribution in [3.8, 4) is 0 Å². The van der Waals surface area contributed by atoms with Gasteiger partial charge in [-0.2, -0.15) is 0 Å². The molecule has 25 heavy (non-hydrogen) atoms. The number of carbonyl (C=O) groups excluding carboxylic acids is 1. The van der Waals surface area contributed by atoms with Crippen molar-refractivity contribution in [2.24, 2.45) is 5.41 Å². The van der Waals surface area contributed by atoms with E-state index in [-0.39, 0.29) is 10.5 Å². The summed E-state index contributed by atoms with van der Waals surface area (Å²) >= 11 is 0. The molecule has 2 aromatic rings. The van der Waals surface area contributed by atoms with Crippen LogP contribution in [0.3, 0.4) is 0 Å². The van der Waals surface area contributed by atoms with Crippen LogP contribution in [0.25, 0.3) is 0 Å². The first kappa shape index (κ1) is 19.6. The molecule has 3 heteroatoms. The molecule has 0 atom stereocenters. The van der Waals surface area contributed by atoms with E-state index in [4.69, 9.17) is 4.43 Å². The Balaban J connectivity index is 2.51. The third-order valence-corrected chi connectivity index (χ3v) is 9.84. The van der Waals surface area contributed by atoms with Crippen LogP contribution in [0.2, 0.25) is 5.04 Å². The average molecular weight is 355 g/mol. The monoisotopic (exact) mass is 354 g/mol. The number of hydrogen-bond donors (Lipinski definition) is 0. The zero-order valence-electron chi connectivity index (χ0n) is 16.1. The van der Waals surface area contributed by atoms with Crippen molar-refractivity contribution in [1.82, 2.24) is 0 Å². The van der Waals surface area contributed by atoms with Crippen LogP contribution in [-0.2, 0) is 9.22 Å². The predicted octanol–water partition coefficient (Wildman–Crippen LogP) is 4.18. The first-order valence-corrected chi connectivity index (χ1v) is 10.9. The van der Waals surface area contributed by atoms with Crippen molar-refractivity contribution in [2.75, 3.05) is 6.61 Å². The maximum atomic E-state index is 11.3. The highest BCUT2D eigenvalue weighted by Crippen LogP contribution is 2.37. The Bertz CT molecular complexity index is 633. The minimum absolute atomic E-state index is 0.0268. The van der Waals surface area contributed by atoms with E-state index in [0.29, 0.717) is 6.61 Å². The van der Waals surface area contributed by atoms with Crippen molar-refractivity contribution in [3.63, 3.8) is 0 Å². The highest BCUT2D eigenvalue weighted by Gasteiger charge is 2.50. The molecule has 0 aliphatic rings. The van der Waals surface area contributed by atoms with Gasteiger partial charge in [-0.25, -0.2) is 0 Å². The molecule has 0 amide bonds. The van der Waals surface area contributed by atoms with Gasteiger partial charge in [0.15, 0.2) is 0 Å². The van der Waals surface area contributed by atoms with E-state index in [9.17, 15) is 4.79 Å². The second-order valence-corrected chi connectivity index (χ2v) is 12.7. The second kappa shape index (κ2) is 7.67. The lowest BCUT2D eigenvalue weighted by molar-refractivity contribution is -0.115. The first-order chi connectivity index (χ1) is 11.7. The zero-order valence-corrected chi connectivity index (χ0v) is 17.1. The molecule has 0 aliphatic heterocycles. The molecule has 0 saturated carbocycles. The molecule has 0 radical (unpaired) electrons. The predicted molar refractivity (Wildman–Crippen MR) is 108 cm³/mol. The minimum Gasteiger partial charge on any atom is -0.407 e. The van der Waals surface area contributed by atoms with Crippen LogP contribution >= 0.6 is 0 Å². The third kappa shape index (κ3) is 4.28. The van der Waals surface area contributed by atoms with E-state index in [1.165, 1.54) is 10.4 Å². The van der Waals surface area contributed by atoms with Crippen LogP contribution in [0, 0.1) is 5.41 Å². The smallest absolute Gasteiger partial charge is 0.261 e. The van der Waals surface area contributed by atoms with Gasteiger partial charge < -0.3 is 9.22 Å². The van der Waals surface area contributed by atoms with Crippen molar-refractivity contribution in [1.29, 1.82) is 0 Å². The van der Waals surface area contributed by atoms with Crippen molar-refractivity contribution in [3.05, 3.63) is 60.7 Å². The Morgan fingerprint density at radius 3 is 1.64 bits per heavy atom. The van der Waals surface area contributed by atoms with Gasteiger partial charge in [0, 0.05) is 12.0 Å². The topological polar surface area (TPSA) is 26.3 Å². The molecular weight excluding hydrogens is 324 g/mol. The van der Waals surface area contributed by atoms with Crippen LogP contribution in [0.5, 0.6) is 0 Å². The SMILES string of the molecule is CC(C)(C=O)CCO[Si](c1ccccc1)(c1ccccc1)C(C)(C)C. The molecule has 2 rings (SSSR count). The minimum atomic E-state index is -2.48. The average Bonchev–Trinajstić information content (AvgIpc) is 2.59. The Hall–Kier alpha value is -1.71. The van der Waals surface area contributed by atoms with E-state index in [0.717, 1.165) is 12.7 Å². The normalized spacial score (nSPS) is 12.8. The lowest BCUT2D eigenvalue weighted by Gasteiger charge is -2.43. The number of carbonyl (C=O) groups is 1. The van der Waals surface area contributed by atoms with E-state index in [1.807, 2.05) is 26.0 Å². The largest absolute Gasteiger partial charge is 0.407 e. The van der Waals surface area contributed by atoms with Gasteiger partial charge in [0.05, 0.1) is 0 Å². The van der Waals surface area contributed by atoms with Crippen molar-refractivity contribution >= 4 is 25.0 Å². The summed E-state index contributed by atoms with van der Waals surface area (Å²) in [5.41, 5.74) is -0.356. The maximum absolute atomic E-state index is 11.3. The summed E-state index contributed by atoms with van der Waals surface area (Å²) < 4.78 is 6.78. The van der Waals surface area contributed by atoms with Crippen LogP contribution in [0.1, 0.15) is 41.0 Å². The molecule has 134 valence electrons. The quantitative estimate of drug-likeness (QED) is 0.551. The van der Waals surface area contributed by atoms with Crippen LogP contribution in [-0.4, -0.2) is 21.2 Å². The number of benzene rings is 2. The first-order valence-electron chi connectivity index (χ1n) is 8.94. The lowest BCUT2D eigenvalue weighted by Crippen LogP contribution is -2.66. The van der Waals surface area contributed by atoms with Gasteiger partial charge in [-0.15, -0.1) is 0 Å². The fourth-order valence-corrected chi connectivity index (χ4v) is 7.85. The summed E-state index contributed by atoms with van der Waals surface area (Å²) in [4.78, 5) is 11.3. The van der Waals surface area contributed by atoms with Gasteiger partial charge in [-0.05, 0) is 21.8 Å². The molecule has 0 spiro atoms. The summed E-state index contributed by atoms with van der Waals surface area (Å²) in [6, 6.07) is 21.2.